The molecule has 2 rings (SSSR count). The van der Waals surface area contributed by atoms with E-state index in [1.807, 2.05) is 77.9 Å². The number of benzene rings is 2. The van der Waals surface area contributed by atoms with Crippen LogP contribution in [0.5, 0.6) is 0 Å². The lowest BCUT2D eigenvalue weighted by molar-refractivity contribution is -0.134. The van der Waals surface area contributed by atoms with Crippen molar-refractivity contribution in [1.29, 1.82) is 0 Å². The van der Waals surface area contributed by atoms with E-state index in [9.17, 15) is 13.2 Å². The molecule has 0 saturated heterocycles. The summed E-state index contributed by atoms with van der Waals surface area (Å²) in [6.07, 6.45) is 0. The van der Waals surface area contributed by atoms with Gasteiger partial charge in [0.25, 0.3) is 0 Å². The normalized spacial score (nSPS) is 12.8. The average molecular weight is 420 g/mol. The second-order valence-electron chi connectivity index (χ2n) is 9.05. The minimum Gasteiger partial charge on any atom is -0.377 e. The van der Waals surface area contributed by atoms with Crippen molar-refractivity contribution < 1.29 is 13.2 Å². The molecular formula is C22H33N3O3S. The van der Waals surface area contributed by atoms with Crippen LogP contribution in [0.15, 0.2) is 41.3 Å². The number of fused-ring (bicyclic) bond motifs is 1. The number of rotatable bonds is 7. The van der Waals surface area contributed by atoms with E-state index in [1.165, 1.54) is 0 Å². The van der Waals surface area contributed by atoms with Crippen LogP contribution in [0.1, 0.15) is 34.6 Å². The minimum atomic E-state index is -3.71. The van der Waals surface area contributed by atoms with Crippen molar-refractivity contribution in [3.63, 3.8) is 0 Å². The van der Waals surface area contributed by atoms with Gasteiger partial charge in [0.1, 0.15) is 0 Å². The number of carbonyl (C=O) groups is 1. The fourth-order valence-electron chi connectivity index (χ4n) is 2.89. The number of amides is 1. The van der Waals surface area contributed by atoms with Gasteiger partial charge in [-0.05, 0) is 17.5 Å². The lowest BCUT2D eigenvalue weighted by atomic mass is 9.69. The third kappa shape index (κ3) is 4.90. The zero-order chi connectivity index (χ0) is 22.0. The standard InChI is InChI=1S/C22H33N3O3S/c1-21(2,3)22(4,5)20(26)23-14-15-24-29(27,28)19-13-9-10-16-17(19)11-8-12-18(16)25(6)7/h8-13,24H,14-15H2,1-7H3,(H,23,26). The average Bonchev–Trinajstić information content (AvgIpc) is 2.62. The topological polar surface area (TPSA) is 78.5 Å². The van der Waals surface area contributed by atoms with E-state index in [4.69, 9.17) is 0 Å². The van der Waals surface area contributed by atoms with Crippen LogP contribution in [0.4, 0.5) is 5.69 Å². The number of nitrogens with one attached hydrogen (secondary N) is 2. The molecule has 7 heteroatoms. The Morgan fingerprint density at radius 1 is 0.931 bits per heavy atom. The lowest BCUT2D eigenvalue weighted by Crippen LogP contribution is -2.47. The van der Waals surface area contributed by atoms with Crippen molar-refractivity contribution in [2.45, 2.75) is 39.5 Å². The van der Waals surface area contributed by atoms with Gasteiger partial charge in [0.05, 0.1) is 4.90 Å². The van der Waals surface area contributed by atoms with E-state index >= 15 is 0 Å². The molecule has 0 spiro atoms. The molecule has 0 aliphatic rings. The third-order valence-electron chi connectivity index (χ3n) is 5.78. The largest absolute Gasteiger partial charge is 0.377 e. The maximum atomic E-state index is 12.9. The third-order valence-corrected chi connectivity index (χ3v) is 7.29. The summed E-state index contributed by atoms with van der Waals surface area (Å²) in [4.78, 5) is 14.7. The van der Waals surface area contributed by atoms with Gasteiger partial charge in [0.2, 0.25) is 15.9 Å². The summed E-state index contributed by atoms with van der Waals surface area (Å²) in [5.41, 5.74) is 0.185. The second-order valence-corrected chi connectivity index (χ2v) is 10.8. The van der Waals surface area contributed by atoms with Crippen LogP contribution >= 0.6 is 0 Å². The zero-order valence-corrected chi connectivity index (χ0v) is 19.3. The molecule has 6 nitrogen and oxygen atoms in total. The van der Waals surface area contributed by atoms with Gasteiger partial charge in [0.15, 0.2) is 0 Å². The van der Waals surface area contributed by atoms with Crippen LogP contribution < -0.4 is 14.9 Å². The van der Waals surface area contributed by atoms with E-state index < -0.39 is 15.4 Å². The van der Waals surface area contributed by atoms with Crippen molar-refractivity contribution in [2.75, 3.05) is 32.1 Å². The summed E-state index contributed by atoms with van der Waals surface area (Å²) >= 11 is 0. The van der Waals surface area contributed by atoms with E-state index in [1.54, 1.807) is 12.1 Å². The smallest absolute Gasteiger partial charge is 0.241 e. The maximum absolute atomic E-state index is 12.9. The van der Waals surface area contributed by atoms with Crippen LogP contribution in [0, 0.1) is 10.8 Å². The Morgan fingerprint density at radius 2 is 1.52 bits per heavy atom. The Labute approximate surface area is 174 Å². The first-order chi connectivity index (χ1) is 13.3. The number of hydrogen-bond donors (Lipinski definition) is 2. The highest BCUT2D eigenvalue weighted by molar-refractivity contribution is 7.89. The van der Waals surface area contributed by atoms with Gasteiger partial charge in [-0.3, -0.25) is 4.79 Å². The highest BCUT2D eigenvalue weighted by Crippen LogP contribution is 2.37. The Balaban J connectivity index is 2.13. The molecule has 0 radical (unpaired) electrons. The van der Waals surface area contributed by atoms with Gasteiger partial charge in [0, 0.05) is 49.1 Å². The van der Waals surface area contributed by atoms with Gasteiger partial charge < -0.3 is 10.2 Å². The van der Waals surface area contributed by atoms with Gasteiger partial charge in [-0.1, -0.05) is 58.9 Å². The van der Waals surface area contributed by atoms with Crippen LogP contribution in [0.2, 0.25) is 0 Å². The van der Waals surface area contributed by atoms with Crippen molar-refractivity contribution in [1.82, 2.24) is 10.0 Å². The minimum absolute atomic E-state index is 0.0926. The van der Waals surface area contributed by atoms with Crippen molar-refractivity contribution in [2.24, 2.45) is 10.8 Å². The molecule has 0 aromatic heterocycles. The van der Waals surface area contributed by atoms with Crippen LogP contribution in [0.25, 0.3) is 10.8 Å². The molecule has 2 aromatic carbocycles. The van der Waals surface area contributed by atoms with Crippen LogP contribution in [-0.4, -0.2) is 41.5 Å². The van der Waals surface area contributed by atoms with E-state index in [2.05, 4.69) is 10.0 Å². The molecule has 0 aliphatic heterocycles. The SMILES string of the molecule is CN(C)c1cccc2c(S(=O)(=O)NCCNC(=O)C(C)(C)C(C)(C)C)cccc12. The molecule has 0 aliphatic carbocycles. The van der Waals surface area contributed by atoms with Gasteiger partial charge in [-0.2, -0.15) is 0 Å². The Bertz CT molecular complexity index is 990. The second kappa shape index (κ2) is 8.32. The Kier molecular flexibility index (Phi) is 6.65. The number of sulfonamides is 1. The monoisotopic (exact) mass is 419 g/mol. The number of nitrogens with zero attached hydrogens (tertiary/aromatic N) is 1. The van der Waals surface area contributed by atoms with Crippen molar-refractivity contribution in [3.05, 3.63) is 36.4 Å². The molecule has 160 valence electrons. The van der Waals surface area contributed by atoms with Gasteiger partial charge in [-0.25, -0.2) is 13.1 Å². The number of hydrogen-bond acceptors (Lipinski definition) is 4. The number of anilines is 1. The molecule has 0 bridgehead atoms. The van der Waals surface area contributed by atoms with Crippen molar-refractivity contribution >= 4 is 32.4 Å². The summed E-state index contributed by atoms with van der Waals surface area (Å²) in [5, 5.41) is 4.39. The van der Waals surface area contributed by atoms with Crippen LogP contribution in [0.3, 0.4) is 0 Å². The molecule has 2 N–H and O–H groups in total. The molecule has 0 saturated carbocycles. The quantitative estimate of drug-likeness (QED) is 0.675. The molecule has 2 aromatic rings. The highest BCUT2D eigenvalue weighted by Gasteiger charge is 2.39. The van der Waals surface area contributed by atoms with Gasteiger partial charge >= 0.3 is 0 Å². The summed E-state index contributed by atoms with van der Waals surface area (Å²) in [6, 6.07) is 10.9. The molecule has 1 amide bonds. The number of carbonyl (C=O) groups excluding carboxylic acids is 1. The molecule has 0 fully saturated rings. The van der Waals surface area contributed by atoms with E-state index in [0.29, 0.717) is 5.39 Å². The van der Waals surface area contributed by atoms with Crippen molar-refractivity contribution in [3.8, 4) is 0 Å². The Hall–Kier alpha value is -2.12. The zero-order valence-electron chi connectivity index (χ0n) is 18.5. The Morgan fingerprint density at radius 3 is 2.10 bits per heavy atom. The molecule has 29 heavy (non-hydrogen) atoms. The summed E-state index contributed by atoms with van der Waals surface area (Å²) in [6.45, 7) is 10.2. The van der Waals surface area contributed by atoms with E-state index in [0.717, 1.165) is 11.1 Å². The fourth-order valence-corrected chi connectivity index (χ4v) is 4.14. The first kappa shape index (κ1) is 23.2. The maximum Gasteiger partial charge on any atom is 0.241 e. The summed E-state index contributed by atoms with van der Waals surface area (Å²) < 4.78 is 28.4. The first-order valence-electron chi connectivity index (χ1n) is 9.76. The van der Waals surface area contributed by atoms with E-state index in [-0.39, 0.29) is 29.3 Å². The predicted molar refractivity (Wildman–Crippen MR) is 120 cm³/mol. The molecule has 0 atom stereocenters. The molecule has 0 heterocycles. The first-order valence-corrected chi connectivity index (χ1v) is 11.2. The van der Waals surface area contributed by atoms with Gasteiger partial charge in [-0.15, -0.1) is 0 Å². The lowest BCUT2D eigenvalue weighted by Gasteiger charge is -2.37. The predicted octanol–water partition coefficient (Wildman–Crippen LogP) is 3.37. The summed E-state index contributed by atoms with van der Waals surface area (Å²) in [5.74, 6) is -0.0926. The fraction of sp³-hybridized carbons (Fsp3) is 0.500. The van der Waals surface area contributed by atoms with Crippen LogP contribution in [-0.2, 0) is 14.8 Å². The molecule has 0 unspecified atom stereocenters. The molecular weight excluding hydrogens is 386 g/mol. The summed E-state index contributed by atoms with van der Waals surface area (Å²) in [7, 11) is 0.142. The highest BCUT2D eigenvalue weighted by atomic mass is 32.2.